The first kappa shape index (κ1) is 15.8. The topological polar surface area (TPSA) is 48.7 Å². The Balaban J connectivity index is 2.51. The Morgan fingerprint density at radius 1 is 1.14 bits per heavy atom. The van der Waals surface area contributed by atoms with Gasteiger partial charge in [0.25, 0.3) is 0 Å². The summed E-state index contributed by atoms with van der Waals surface area (Å²) in [5.74, 6) is 0.228. The lowest BCUT2D eigenvalue weighted by molar-refractivity contribution is -0.137. The van der Waals surface area contributed by atoms with Gasteiger partial charge in [0, 0.05) is 19.7 Å². The smallest absolute Gasteiger partial charge is 0.411 e. The number of nitrogens with zero attached hydrogens (tertiary/aromatic N) is 3. The number of oxime groups is 1. The second-order valence-electron chi connectivity index (χ2n) is 4.86. The molecule has 0 aliphatic rings. The lowest BCUT2D eigenvalue weighted by Crippen LogP contribution is -2.14. The lowest BCUT2D eigenvalue weighted by atomic mass is 10.1. The number of alkyl halides is 3. The number of hydrogen-bond donors (Lipinski definition) is 1. The predicted molar refractivity (Wildman–Crippen MR) is 78.4 cm³/mol. The molecule has 0 aliphatic heterocycles. The minimum absolute atomic E-state index is 0.228. The van der Waals surface area contributed by atoms with E-state index in [2.05, 4.69) is 10.1 Å². The molecule has 1 aromatic heterocycles. The van der Waals surface area contributed by atoms with E-state index in [9.17, 15) is 13.2 Å². The zero-order valence-corrected chi connectivity index (χ0v) is 12.0. The van der Waals surface area contributed by atoms with E-state index in [1.807, 2.05) is 0 Å². The molecule has 2 aromatic rings. The van der Waals surface area contributed by atoms with Crippen LogP contribution in [0.1, 0.15) is 11.1 Å². The second kappa shape index (κ2) is 6.05. The number of rotatable bonds is 3. The van der Waals surface area contributed by atoms with Crippen LogP contribution in [0.2, 0.25) is 0 Å². The van der Waals surface area contributed by atoms with Gasteiger partial charge in [-0.1, -0.05) is 29.4 Å². The van der Waals surface area contributed by atoms with E-state index >= 15 is 0 Å². The zero-order chi connectivity index (χ0) is 16.3. The van der Waals surface area contributed by atoms with Gasteiger partial charge in [-0.15, -0.1) is 0 Å². The average molecular weight is 309 g/mol. The summed E-state index contributed by atoms with van der Waals surface area (Å²) in [4.78, 5) is 5.75. The van der Waals surface area contributed by atoms with Crippen LogP contribution in [0.4, 0.5) is 19.0 Å². The molecule has 1 aromatic carbocycles. The van der Waals surface area contributed by atoms with Crippen LogP contribution in [-0.2, 0) is 6.18 Å². The fraction of sp³-hybridized carbons (Fsp3) is 0.200. The summed E-state index contributed by atoms with van der Waals surface area (Å²) in [6.07, 6.45) is -3.21. The van der Waals surface area contributed by atoms with Crippen molar-refractivity contribution in [1.29, 1.82) is 0 Å². The van der Waals surface area contributed by atoms with Gasteiger partial charge < -0.3 is 10.1 Å². The van der Waals surface area contributed by atoms with Gasteiger partial charge in [0.05, 0.1) is 17.5 Å². The molecule has 1 N–H and O–H groups in total. The Hall–Kier alpha value is -2.57. The summed E-state index contributed by atoms with van der Waals surface area (Å²) in [6.45, 7) is 0. The van der Waals surface area contributed by atoms with Crippen molar-refractivity contribution in [2.45, 2.75) is 6.18 Å². The van der Waals surface area contributed by atoms with Gasteiger partial charge in [-0.2, -0.15) is 13.2 Å². The SMILES string of the molecule is CN(C)c1cc(C(F)(F)F)cc(-c2ccc(C=NO)cc2)n1. The third-order valence-corrected chi connectivity index (χ3v) is 3.01. The molecule has 0 atom stereocenters. The summed E-state index contributed by atoms with van der Waals surface area (Å²) < 4.78 is 39.0. The third-order valence-electron chi connectivity index (χ3n) is 3.01. The van der Waals surface area contributed by atoms with E-state index in [0.717, 1.165) is 12.1 Å². The molecule has 1 heterocycles. The van der Waals surface area contributed by atoms with Crippen LogP contribution >= 0.6 is 0 Å². The van der Waals surface area contributed by atoms with Crippen molar-refractivity contribution in [3.05, 3.63) is 47.5 Å². The normalized spacial score (nSPS) is 11.9. The Morgan fingerprint density at radius 2 is 1.77 bits per heavy atom. The molecule has 2 rings (SSSR count). The van der Waals surface area contributed by atoms with E-state index in [1.165, 1.54) is 11.1 Å². The highest BCUT2D eigenvalue weighted by molar-refractivity contribution is 5.80. The van der Waals surface area contributed by atoms with Crippen molar-refractivity contribution in [3.8, 4) is 11.3 Å². The number of benzene rings is 1. The minimum Gasteiger partial charge on any atom is -0.411 e. The maximum atomic E-state index is 13.0. The quantitative estimate of drug-likeness (QED) is 0.535. The largest absolute Gasteiger partial charge is 0.416 e. The molecule has 4 nitrogen and oxygen atoms in total. The van der Waals surface area contributed by atoms with Crippen LogP contribution in [-0.4, -0.2) is 30.5 Å². The van der Waals surface area contributed by atoms with Crippen LogP contribution in [0.15, 0.2) is 41.6 Å². The highest BCUT2D eigenvalue weighted by Crippen LogP contribution is 2.33. The first-order chi connectivity index (χ1) is 10.3. The molecule has 22 heavy (non-hydrogen) atoms. The summed E-state index contributed by atoms with van der Waals surface area (Å²) in [5.41, 5.74) is 0.656. The number of anilines is 1. The number of halogens is 3. The number of pyridine rings is 1. The maximum Gasteiger partial charge on any atom is 0.416 e. The molecule has 0 radical (unpaired) electrons. The highest BCUT2D eigenvalue weighted by atomic mass is 19.4. The van der Waals surface area contributed by atoms with Crippen molar-refractivity contribution in [3.63, 3.8) is 0 Å². The third kappa shape index (κ3) is 3.55. The molecule has 0 fully saturated rings. The monoisotopic (exact) mass is 309 g/mol. The van der Waals surface area contributed by atoms with Gasteiger partial charge in [-0.3, -0.25) is 0 Å². The van der Waals surface area contributed by atoms with Gasteiger partial charge in [-0.25, -0.2) is 4.98 Å². The van der Waals surface area contributed by atoms with Crippen molar-refractivity contribution in [1.82, 2.24) is 4.98 Å². The minimum atomic E-state index is -4.44. The molecule has 0 unspecified atom stereocenters. The van der Waals surface area contributed by atoms with Crippen molar-refractivity contribution < 1.29 is 18.4 Å². The molecule has 0 aliphatic carbocycles. The Kier molecular flexibility index (Phi) is 4.35. The summed E-state index contributed by atoms with van der Waals surface area (Å²) in [6, 6.07) is 8.54. The molecule has 0 saturated carbocycles. The first-order valence-electron chi connectivity index (χ1n) is 6.36. The fourth-order valence-corrected chi connectivity index (χ4v) is 1.86. The van der Waals surface area contributed by atoms with Crippen LogP contribution in [0.3, 0.4) is 0 Å². The standard InChI is InChI=1S/C15H14F3N3O/c1-21(2)14-8-12(15(16,17)18)7-13(20-14)11-5-3-10(4-6-11)9-19-22/h3-9,22H,1-2H3. The van der Waals surface area contributed by atoms with Gasteiger partial charge in [0.15, 0.2) is 0 Å². The van der Waals surface area contributed by atoms with Crippen molar-refractivity contribution in [2.75, 3.05) is 19.0 Å². The first-order valence-corrected chi connectivity index (χ1v) is 6.36. The van der Waals surface area contributed by atoms with Crippen LogP contribution in [0, 0.1) is 0 Å². The Labute approximate surface area is 125 Å². The lowest BCUT2D eigenvalue weighted by Gasteiger charge is -2.16. The second-order valence-corrected chi connectivity index (χ2v) is 4.86. The maximum absolute atomic E-state index is 13.0. The van der Waals surface area contributed by atoms with Crippen LogP contribution < -0.4 is 4.90 Å². The highest BCUT2D eigenvalue weighted by Gasteiger charge is 2.32. The summed E-state index contributed by atoms with van der Waals surface area (Å²) in [5, 5.41) is 11.4. The van der Waals surface area contributed by atoms with Crippen molar-refractivity contribution in [2.24, 2.45) is 5.16 Å². The molecular weight excluding hydrogens is 295 g/mol. The molecule has 0 bridgehead atoms. The van der Waals surface area contributed by atoms with Gasteiger partial charge >= 0.3 is 6.18 Å². The fourth-order valence-electron chi connectivity index (χ4n) is 1.86. The summed E-state index contributed by atoms with van der Waals surface area (Å²) >= 11 is 0. The predicted octanol–water partition coefficient (Wildman–Crippen LogP) is 3.64. The number of aromatic nitrogens is 1. The number of hydrogen-bond acceptors (Lipinski definition) is 4. The molecule has 116 valence electrons. The molecule has 0 saturated heterocycles. The molecule has 0 amide bonds. The van der Waals surface area contributed by atoms with Crippen molar-refractivity contribution >= 4 is 12.0 Å². The van der Waals surface area contributed by atoms with E-state index in [0.29, 0.717) is 11.1 Å². The zero-order valence-electron chi connectivity index (χ0n) is 12.0. The Morgan fingerprint density at radius 3 is 2.27 bits per heavy atom. The van der Waals surface area contributed by atoms with Crippen LogP contribution in [0.5, 0.6) is 0 Å². The van der Waals surface area contributed by atoms with E-state index in [-0.39, 0.29) is 11.5 Å². The molecular formula is C15H14F3N3O. The molecule has 7 heteroatoms. The average Bonchev–Trinajstić information content (AvgIpc) is 2.47. The van der Waals surface area contributed by atoms with Gasteiger partial charge in [-0.05, 0) is 17.7 Å². The molecule has 0 spiro atoms. The van der Waals surface area contributed by atoms with Gasteiger partial charge in [0.2, 0.25) is 0 Å². The van der Waals surface area contributed by atoms with Crippen LogP contribution in [0.25, 0.3) is 11.3 Å². The van der Waals surface area contributed by atoms with E-state index in [1.54, 1.807) is 38.4 Å². The Bertz CT molecular complexity index is 679. The van der Waals surface area contributed by atoms with Gasteiger partial charge in [0.1, 0.15) is 5.82 Å². The summed E-state index contributed by atoms with van der Waals surface area (Å²) in [7, 11) is 3.26. The van der Waals surface area contributed by atoms with E-state index in [4.69, 9.17) is 5.21 Å². The van der Waals surface area contributed by atoms with E-state index < -0.39 is 11.7 Å².